The molecule has 134 valence electrons. The summed E-state index contributed by atoms with van der Waals surface area (Å²) in [5.41, 5.74) is -3.16. The van der Waals surface area contributed by atoms with Crippen LogP contribution in [0, 0.1) is 34.9 Å². The normalized spacial score (nSPS) is 18.0. The van der Waals surface area contributed by atoms with Gasteiger partial charge >= 0.3 is 0 Å². The van der Waals surface area contributed by atoms with Gasteiger partial charge in [-0.3, -0.25) is 0 Å². The fraction of sp³-hybridized carbons (Fsp3) is 0.294. The third kappa shape index (κ3) is 2.89. The molecule has 1 aliphatic heterocycles. The van der Waals surface area contributed by atoms with Crippen molar-refractivity contribution in [3.63, 3.8) is 0 Å². The molecule has 0 aliphatic carbocycles. The fourth-order valence-electron chi connectivity index (χ4n) is 3.16. The second kappa shape index (κ2) is 6.34. The topological polar surface area (TPSA) is 32.3 Å². The lowest BCUT2D eigenvalue weighted by Crippen LogP contribution is -2.46. The van der Waals surface area contributed by atoms with Gasteiger partial charge in [-0.1, -0.05) is 0 Å². The van der Waals surface area contributed by atoms with Crippen LogP contribution in [0.2, 0.25) is 0 Å². The maximum atomic E-state index is 13.6. The van der Waals surface area contributed by atoms with Crippen molar-refractivity contribution in [2.24, 2.45) is 0 Å². The standard InChI is InChI=1S/C17H13F6NO/c18-10-4-8(5-11(19)15(10)22)17(25,14-2-1-3-24-14)9-6-12(20)16(23)13(21)7-9/h4-7,14,24-25H,1-3H2/t14-/m0/s1. The van der Waals surface area contributed by atoms with Crippen molar-refractivity contribution in [3.05, 3.63) is 70.3 Å². The van der Waals surface area contributed by atoms with Gasteiger partial charge in [0.2, 0.25) is 0 Å². The Morgan fingerprint density at radius 2 is 1.20 bits per heavy atom. The maximum Gasteiger partial charge on any atom is 0.194 e. The number of hydrogen-bond donors (Lipinski definition) is 2. The molecule has 2 aromatic rings. The Hall–Kier alpha value is -2.06. The monoisotopic (exact) mass is 361 g/mol. The summed E-state index contributed by atoms with van der Waals surface area (Å²) in [5, 5.41) is 14.0. The molecule has 2 nitrogen and oxygen atoms in total. The highest BCUT2D eigenvalue weighted by atomic mass is 19.2. The molecule has 1 fully saturated rings. The predicted molar refractivity (Wildman–Crippen MR) is 76.7 cm³/mol. The average molecular weight is 361 g/mol. The largest absolute Gasteiger partial charge is 0.379 e. The first-order valence-electron chi connectivity index (χ1n) is 7.51. The van der Waals surface area contributed by atoms with E-state index in [2.05, 4.69) is 5.32 Å². The van der Waals surface area contributed by atoms with Crippen molar-refractivity contribution < 1.29 is 31.4 Å². The van der Waals surface area contributed by atoms with E-state index in [9.17, 15) is 31.4 Å². The molecule has 1 aliphatic rings. The molecule has 0 aromatic heterocycles. The minimum absolute atomic E-state index is 0.317. The van der Waals surface area contributed by atoms with Crippen LogP contribution in [-0.2, 0) is 5.60 Å². The molecule has 0 bridgehead atoms. The summed E-state index contributed by atoms with van der Waals surface area (Å²) >= 11 is 0. The molecule has 1 heterocycles. The molecule has 2 N–H and O–H groups in total. The summed E-state index contributed by atoms with van der Waals surface area (Å²) in [7, 11) is 0. The third-order valence-electron chi connectivity index (χ3n) is 4.41. The lowest BCUT2D eigenvalue weighted by atomic mass is 9.79. The summed E-state index contributed by atoms with van der Waals surface area (Å²) < 4.78 is 81.1. The molecule has 2 aromatic carbocycles. The zero-order valence-corrected chi connectivity index (χ0v) is 12.7. The molecule has 1 atom stereocenters. The number of rotatable bonds is 3. The van der Waals surface area contributed by atoms with Crippen LogP contribution < -0.4 is 5.32 Å². The molecule has 0 spiro atoms. The summed E-state index contributed by atoms with van der Waals surface area (Å²) in [6, 6.07) is 1.35. The van der Waals surface area contributed by atoms with Gasteiger partial charge in [-0.25, -0.2) is 26.3 Å². The SMILES string of the molecule is OC(c1cc(F)c(F)c(F)c1)(c1cc(F)c(F)c(F)c1)[C@@H]1CCCN1. The Balaban J connectivity index is 2.24. The van der Waals surface area contributed by atoms with Crippen LogP contribution in [0.15, 0.2) is 24.3 Å². The Morgan fingerprint density at radius 3 is 1.52 bits per heavy atom. The first kappa shape index (κ1) is 17.8. The van der Waals surface area contributed by atoms with Crippen molar-refractivity contribution in [3.8, 4) is 0 Å². The van der Waals surface area contributed by atoms with E-state index in [1.54, 1.807) is 0 Å². The zero-order chi connectivity index (χ0) is 18.4. The van der Waals surface area contributed by atoms with Crippen LogP contribution in [-0.4, -0.2) is 17.7 Å². The second-order valence-corrected chi connectivity index (χ2v) is 5.92. The van der Waals surface area contributed by atoms with E-state index < -0.39 is 57.7 Å². The Morgan fingerprint density at radius 1 is 0.800 bits per heavy atom. The van der Waals surface area contributed by atoms with Crippen LogP contribution in [0.1, 0.15) is 24.0 Å². The lowest BCUT2D eigenvalue weighted by molar-refractivity contribution is 0.0426. The van der Waals surface area contributed by atoms with Crippen LogP contribution in [0.4, 0.5) is 26.3 Å². The van der Waals surface area contributed by atoms with Gasteiger partial charge in [0.15, 0.2) is 34.9 Å². The fourth-order valence-corrected chi connectivity index (χ4v) is 3.16. The number of hydrogen-bond acceptors (Lipinski definition) is 2. The van der Waals surface area contributed by atoms with Crippen LogP contribution in [0.25, 0.3) is 0 Å². The van der Waals surface area contributed by atoms with Gasteiger partial charge in [-0.15, -0.1) is 0 Å². The highest BCUT2D eigenvalue weighted by Gasteiger charge is 2.43. The zero-order valence-electron chi connectivity index (χ0n) is 12.7. The predicted octanol–water partition coefficient (Wildman–Crippen LogP) is 3.51. The van der Waals surface area contributed by atoms with Gasteiger partial charge in [-0.05, 0) is 54.8 Å². The summed E-state index contributed by atoms with van der Waals surface area (Å²) in [5.74, 6) is -9.71. The van der Waals surface area contributed by atoms with Gasteiger partial charge < -0.3 is 10.4 Å². The molecular weight excluding hydrogens is 348 g/mol. The van der Waals surface area contributed by atoms with Gasteiger partial charge in [-0.2, -0.15) is 0 Å². The number of aliphatic hydroxyl groups is 1. The second-order valence-electron chi connectivity index (χ2n) is 5.92. The van der Waals surface area contributed by atoms with Crippen molar-refractivity contribution >= 4 is 0 Å². The van der Waals surface area contributed by atoms with Crippen LogP contribution in [0.5, 0.6) is 0 Å². The number of nitrogens with one attached hydrogen (secondary N) is 1. The molecule has 0 unspecified atom stereocenters. The van der Waals surface area contributed by atoms with E-state index in [1.165, 1.54) is 0 Å². The van der Waals surface area contributed by atoms with Crippen LogP contribution >= 0.6 is 0 Å². The Kier molecular flexibility index (Phi) is 4.51. The highest BCUT2D eigenvalue weighted by Crippen LogP contribution is 2.38. The Labute approximate surface area is 139 Å². The molecule has 1 saturated heterocycles. The Bertz CT molecular complexity index is 715. The van der Waals surface area contributed by atoms with Crippen molar-refractivity contribution in [1.82, 2.24) is 5.32 Å². The molecule has 8 heteroatoms. The van der Waals surface area contributed by atoms with Crippen molar-refractivity contribution in [2.75, 3.05) is 6.54 Å². The van der Waals surface area contributed by atoms with Gasteiger partial charge in [0.25, 0.3) is 0 Å². The average Bonchev–Trinajstić information content (AvgIpc) is 3.10. The van der Waals surface area contributed by atoms with Crippen molar-refractivity contribution in [1.29, 1.82) is 0 Å². The maximum absolute atomic E-state index is 13.6. The van der Waals surface area contributed by atoms with E-state index >= 15 is 0 Å². The molecule has 3 rings (SSSR count). The number of halogens is 6. The first-order valence-corrected chi connectivity index (χ1v) is 7.51. The van der Waals surface area contributed by atoms with Gasteiger partial charge in [0.1, 0.15) is 5.60 Å². The molecular formula is C17H13F6NO. The van der Waals surface area contributed by atoms with E-state index in [0.717, 1.165) is 0 Å². The van der Waals surface area contributed by atoms with E-state index in [1.807, 2.05) is 0 Å². The lowest BCUT2D eigenvalue weighted by Gasteiger charge is -2.35. The quantitative estimate of drug-likeness (QED) is 0.648. The molecule has 0 radical (unpaired) electrons. The molecule has 0 amide bonds. The first-order chi connectivity index (χ1) is 11.7. The van der Waals surface area contributed by atoms with E-state index in [4.69, 9.17) is 0 Å². The number of benzene rings is 2. The molecule has 25 heavy (non-hydrogen) atoms. The third-order valence-corrected chi connectivity index (χ3v) is 4.41. The summed E-state index contributed by atoms with van der Waals surface area (Å²) in [6.07, 6.45) is 0.906. The van der Waals surface area contributed by atoms with Gasteiger partial charge in [0.05, 0.1) is 0 Å². The summed E-state index contributed by atoms with van der Waals surface area (Å²) in [4.78, 5) is 0. The van der Waals surface area contributed by atoms with Crippen LogP contribution in [0.3, 0.4) is 0 Å². The summed E-state index contributed by atoms with van der Waals surface area (Å²) in [6.45, 7) is 0.450. The smallest absolute Gasteiger partial charge is 0.194 e. The van der Waals surface area contributed by atoms with Gasteiger partial charge in [0, 0.05) is 6.04 Å². The van der Waals surface area contributed by atoms with E-state index in [0.29, 0.717) is 43.7 Å². The minimum atomic E-state index is -2.29. The van der Waals surface area contributed by atoms with E-state index in [-0.39, 0.29) is 0 Å². The molecule has 0 saturated carbocycles. The minimum Gasteiger partial charge on any atom is -0.379 e. The highest BCUT2D eigenvalue weighted by molar-refractivity contribution is 5.40. The van der Waals surface area contributed by atoms with Crippen molar-refractivity contribution in [2.45, 2.75) is 24.5 Å².